The van der Waals surface area contributed by atoms with Crippen LogP contribution in [0.4, 0.5) is 5.69 Å². The fourth-order valence-electron chi connectivity index (χ4n) is 3.85. The molecule has 2 saturated heterocycles. The summed E-state index contributed by atoms with van der Waals surface area (Å²) in [4.78, 5) is 27.0. The zero-order valence-corrected chi connectivity index (χ0v) is 14.2. The SMILES string of the molecule is CCOC(=O)C1[C@@H]2C=C[C@]3(CN(c4ccc(Br)cc4)C(=O)[C@H]13)O2. The maximum absolute atomic E-state index is 13.0. The average molecular weight is 378 g/mol. The first-order valence-corrected chi connectivity index (χ1v) is 8.46. The summed E-state index contributed by atoms with van der Waals surface area (Å²) in [7, 11) is 0. The minimum Gasteiger partial charge on any atom is -0.466 e. The quantitative estimate of drug-likeness (QED) is 0.598. The first kappa shape index (κ1) is 14.9. The van der Waals surface area contributed by atoms with Crippen molar-refractivity contribution in [2.45, 2.75) is 18.6 Å². The number of rotatable bonds is 3. The summed E-state index contributed by atoms with van der Waals surface area (Å²) in [5, 5.41) is 0. The highest BCUT2D eigenvalue weighted by Gasteiger charge is 2.67. The third-order valence-corrected chi connectivity index (χ3v) is 5.33. The van der Waals surface area contributed by atoms with Crippen LogP contribution in [0.1, 0.15) is 6.92 Å². The molecule has 2 fully saturated rings. The summed E-state index contributed by atoms with van der Waals surface area (Å²) in [5.74, 6) is -1.47. The highest BCUT2D eigenvalue weighted by Crippen LogP contribution is 2.52. The second kappa shape index (κ2) is 5.18. The number of esters is 1. The van der Waals surface area contributed by atoms with Crippen molar-refractivity contribution in [1.29, 1.82) is 0 Å². The molecule has 3 aliphatic rings. The van der Waals surface area contributed by atoms with E-state index in [4.69, 9.17) is 9.47 Å². The van der Waals surface area contributed by atoms with Crippen molar-refractivity contribution in [2.24, 2.45) is 11.8 Å². The summed E-state index contributed by atoms with van der Waals surface area (Å²) in [6.45, 7) is 2.50. The minimum absolute atomic E-state index is 0.0720. The van der Waals surface area contributed by atoms with Gasteiger partial charge in [-0.25, -0.2) is 0 Å². The number of fused-ring (bicyclic) bond motifs is 1. The van der Waals surface area contributed by atoms with Crippen LogP contribution in [-0.2, 0) is 19.1 Å². The maximum atomic E-state index is 13.0. The van der Waals surface area contributed by atoms with Crippen molar-refractivity contribution >= 4 is 33.5 Å². The van der Waals surface area contributed by atoms with Crippen molar-refractivity contribution in [2.75, 3.05) is 18.1 Å². The second-order valence-corrected chi connectivity index (χ2v) is 6.97. The van der Waals surface area contributed by atoms with Crippen LogP contribution in [0.15, 0.2) is 40.9 Å². The zero-order chi connectivity index (χ0) is 16.2. The first-order chi connectivity index (χ1) is 11.1. The van der Waals surface area contributed by atoms with Crippen LogP contribution in [0.3, 0.4) is 0 Å². The molecule has 5 nitrogen and oxygen atoms in total. The Kier molecular flexibility index (Phi) is 3.35. The van der Waals surface area contributed by atoms with Gasteiger partial charge in [-0.3, -0.25) is 9.59 Å². The molecule has 0 aliphatic carbocycles. The molecule has 23 heavy (non-hydrogen) atoms. The lowest BCUT2D eigenvalue weighted by Gasteiger charge is -2.22. The fraction of sp³-hybridized carbons (Fsp3) is 0.412. The van der Waals surface area contributed by atoms with Crippen molar-refractivity contribution in [3.8, 4) is 0 Å². The predicted molar refractivity (Wildman–Crippen MR) is 86.9 cm³/mol. The standard InChI is InChI=1S/C17H16BrNO4/c1-2-22-16(21)13-12-7-8-17(23-12)9-19(15(20)14(13)17)11-5-3-10(18)4-6-11/h3-8,12-14H,2,9H2,1H3/t12-,13?,14-,17+/m0/s1. The number of hydrogen-bond acceptors (Lipinski definition) is 4. The highest BCUT2D eigenvalue weighted by molar-refractivity contribution is 9.10. The van der Waals surface area contributed by atoms with Gasteiger partial charge in [0.1, 0.15) is 11.5 Å². The van der Waals surface area contributed by atoms with Crippen LogP contribution in [-0.4, -0.2) is 36.7 Å². The molecule has 2 bridgehead atoms. The Labute approximate surface area is 142 Å². The van der Waals surface area contributed by atoms with Crippen LogP contribution < -0.4 is 4.90 Å². The molecule has 3 heterocycles. The molecule has 0 radical (unpaired) electrons. The lowest BCUT2D eigenvalue weighted by Crippen LogP contribution is -2.40. The summed E-state index contributed by atoms with van der Waals surface area (Å²) in [6, 6.07) is 7.56. The molecule has 6 heteroatoms. The lowest BCUT2D eigenvalue weighted by molar-refractivity contribution is -0.151. The van der Waals surface area contributed by atoms with Crippen LogP contribution in [0, 0.1) is 11.8 Å². The highest BCUT2D eigenvalue weighted by atomic mass is 79.9. The van der Waals surface area contributed by atoms with Crippen LogP contribution in [0.25, 0.3) is 0 Å². The number of halogens is 1. The molecule has 1 spiro atoms. The number of carbonyl (C=O) groups excluding carboxylic acids is 2. The predicted octanol–water partition coefficient (Wildman–Crippen LogP) is 2.30. The molecule has 1 amide bonds. The smallest absolute Gasteiger partial charge is 0.312 e. The molecule has 4 atom stereocenters. The van der Waals surface area contributed by atoms with Gasteiger partial charge in [0.15, 0.2) is 0 Å². The molecular formula is C17H16BrNO4. The van der Waals surface area contributed by atoms with Gasteiger partial charge in [-0.1, -0.05) is 28.1 Å². The van der Waals surface area contributed by atoms with E-state index in [0.29, 0.717) is 13.2 Å². The third kappa shape index (κ3) is 2.08. The molecule has 1 aromatic rings. The normalized spacial score (nSPS) is 34.1. The van der Waals surface area contributed by atoms with Gasteiger partial charge in [0.05, 0.1) is 25.2 Å². The van der Waals surface area contributed by atoms with Crippen molar-refractivity contribution in [3.05, 3.63) is 40.9 Å². The van der Waals surface area contributed by atoms with E-state index in [0.717, 1.165) is 10.2 Å². The van der Waals surface area contributed by atoms with E-state index in [1.165, 1.54) is 0 Å². The number of nitrogens with zero attached hydrogens (tertiary/aromatic N) is 1. The molecule has 3 aliphatic heterocycles. The Hall–Kier alpha value is -1.66. The van der Waals surface area contributed by atoms with Gasteiger partial charge >= 0.3 is 5.97 Å². The van der Waals surface area contributed by atoms with Gasteiger partial charge in [-0.2, -0.15) is 0 Å². The molecule has 0 saturated carbocycles. The molecular weight excluding hydrogens is 362 g/mol. The molecule has 0 aromatic heterocycles. The third-order valence-electron chi connectivity index (χ3n) is 4.80. The van der Waals surface area contributed by atoms with E-state index in [2.05, 4.69) is 15.9 Å². The largest absolute Gasteiger partial charge is 0.466 e. The summed E-state index contributed by atoms with van der Waals surface area (Å²) in [5.41, 5.74) is 0.108. The van der Waals surface area contributed by atoms with Crippen molar-refractivity contribution < 1.29 is 19.1 Å². The van der Waals surface area contributed by atoms with Gasteiger partial charge in [0, 0.05) is 10.2 Å². The van der Waals surface area contributed by atoms with Gasteiger partial charge in [0.25, 0.3) is 0 Å². The van der Waals surface area contributed by atoms with Gasteiger partial charge in [-0.15, -0.1) is 0 Å². The van der Waals surface area contributed by atoms with Crippen molar-refractivity contribution in [1.82, 2.24) is 0 Å². The number of amides is 1. The fourth-order valence-corrected chi connectivity index (χ4v) is 4.11. The zero-order valence-electron chi connectivity index (χ0n) is 12.6. The molecule has 0 N–H and O–H groups in total. The summed E-state index contributed by atoms with van der Waals surface area (Å²) < 4.78 is 12.1. The Morgan fingerprint density at radius 3 is 2.87 bits per heavy atom. The van der Waals surface area contributed by atoms with Gasteiger partial charge < -0.3 is 14.4 Å². The Morgan fingerprint density at radius 1 is 1.43 bits per heavy atom. The van der Waals surface area contributed by atoms with E-state index in [1.807, 2.05) is 36.4 Å². The number of carbonyl (C=O) groups is 2. The minimum atomic E-state index is -0.702. The van der Waals surface area contributed by atoms with Crippen LogP contribution in [0.2, 0.25) is 0 Å². The molecule has 120 valence electrons. The Balaban J connectivity index is 1.68. The van der Waals surface area contributed by atoms with E-state index in [9.17, 15) is 9.59 Å². The number of hydrogen-bond donors (Lipinski definition) is 0. The topological polar surface area (TPSA) is 55.8 Å². The molecule has 1 unspecified atom stereocenters. The Morgan fingerprint density at radius 2 is 2.17 bits per heavy atom. The number of ether oxygens (including phenoxy) is 2. The maximum Gasteiger partial charge on any atom is 0.312 e. The molecule has 1 aromatic carbocycles. The first-order valence-electron chi connectivity index (χ1n) is 7.66. The number of benzene rings is 1. The van der Waals surface area contributed by atoms with E-state index in [1.54, 1.807) is 11.8 Å². The average Bonchev–Trinajstić information content (AvgIpc) is 3.17. The van der Waals surface area contributed by atoms with E-state index >= 15 is 0 Å². The summed E-state index contributed by atoms with van der Waals surface area (Å²) >= 11 is 3.39. The lowest BCUT2D eigenvalue weighted by atomic mass is 9.77. The van der Waals surface area contributed by atoms with E-state index < -0.39 is 17.4 Å². The Bertz CT molecular complexity index is 701. The van der Waals surface area contributed by atoms with Gasteiger partial charge in [-0.05, 0) is 31.2 Å². The van der Waals surface area contributed by atoms with E-state index in [-0.39, 0.29) is 18.0 Å². The van der Waals surface area contributed by atoms with Crippen molar-refractivity contribution in [3.63, 3.8) is 0 Å². The number of anilines is 1. The van der Waals surface area contributed by atoms with Crippen LogP contribution in [0.5, 0.6) is 0 Å². The second-order valence-electron chi connectivity index (χ2n) is 6.05. The van der Waals surface area contributed by atoms with Gasteiger partial charge in [0.2, 0.25) is 5.91 Å². The van der Waals surface area contributed by atoms with Crippen LogP contribution >= 0.6 is 15.9 Å². The summed E-state index contributed by atoms with van der Waals surface area (Å²) in [6.07, 6.45) is 3.47. The monoisotopic (exact) mass is 377 g/mol. The molecule has 4 rings (SSSR count).